The maximum Gasteiger partial charge on any atom is 0.355 e. The van der Waals surface area contributed by atoms with Crippen LogP contribution in [0.1, 0.15) is 21.9 Å². The highest BCUT2D eigenvalue weighted by atomic mass is 16.5. The summed E-state index contributed by atoms with van der Waals surface area (Å²) in [5.74, 6) is -0.336. The third kappa shape index (κ3) is 2.18. The first-order chi connectivity index (χ1) is 9.65. The van der Waals surface area contributed by atoms with Crippen molar-refractivity contribution in [2.24, 2.45) is 7.05 Å². The van der Waals surface area contributed by atoms with Gasteiger partial charge in [0, 0.05) is 25.1 Å². The van der Waals surface area contributed by atoms with Crippen LogP contribution >= 0.6 is 0 Å². The predicted octanol–water partition coefficient (Wildman–Crippen LogP) is 2.34. The highest BCUT2D eigenvalue weighted by molar-refractivity contribution is 5.87. The lowest BCUT2D eigenvalue weighted by atomic mass is 10.4. The summed E-state index contributed by atoms with van der Waals surface area (Å²) >= 11 is 0. The van der Waals surface area contributed by atoms with Crippen molar-refractivity contribution in [3.05, 3.63) is 59.8 Å². The van der Waals surface area contributed by atoms with E-state index in [0.717, 1.165) is 17.0 Å². The Morgan fingerprint density at radius 3 is 2.85 bits per heavy atom. The average Bonchev–Trinajstić information content (AvgIpc) is 3.00. The lowest BCUT2D eigenvalue weighted by Crippen LogP contribution is -2.10. The molecular formula is C15H15N3O2. The van der Waals surface area contributed by atoms with E-state index in [4.69, 9.17) is 4.74 Å². The minimum absolute atomic E-state index is 0.171. The number of esters is 1. The standard InChI is InChI=1S/C15H15N3O2/c1-11-6-7-13(17(11)2)15(19)20-10-12-9-18-8-4-3-5-14(18)16-12/h3-9H,10H2,1-2H3. The molecule has 0 aromatic carbocycles. The Bertz CT molecular complexity index is 737. The maximum absolute atomic E-state index is 12.0. The first kappa shape index (κ1) is 12.5. The van der Waals surface area contributed by atoms with Crippen molar-refractivity contribution in [2.75, 3.05) is 0 Å². The number of pyridine rings is 1. The Morgan fingerprint density at radius 1 is 1.30 bits per heavy atom. The molecule has 0 saturated carbocycles. The topological polar surface area (TPSA) is 48.5 Å². The number of carbonyl (C=O) groups excluding carboxylic acids is 1. The molecule has 3 aromatic rings. The number of rotatable bonds is 3. The molecule has 20 heavy (non-hydrogen) atoms. The quantitative estimate of drug-likeness (QED) is 0.686. The van der Waals surface area contributed by atoms with Crippen LogP contribution in [0.15, 0.2) is 42.7 Å². The molecule has 102 valence electrons. The van der Waals surface area contributed by atoms with Gasteiger partial charge in [-0.3, -0.25) is 0 Å². The van der Waals surface area contributed by atoms with Gasteiger partial charge in [0.2, 0.25) is 0 Å². The van der Waals surface area contributed by atoms with Crippen molar-refractivity contribution in [1.29, 1.82) is 0 Å². The monoisotopic (exact) mass is 269 g/mol. The van der Waals surface area contributed by atoms with Gasteiger partial charge in [0.15, 0.2) is 0 Å². The normalized spacial score (nSPS) is 10.9. The molecule has 0 spiro atoms. The van der Waals surface area contributed by atoms with Crippen LogP contribution in [0.4, 0.5) is 0 Å². The minimum atomic E-state index is -0.336. The number of fused-ring (bicyclic) bond motifs is 1. The Balaban J connectivity index is 1.73. The van der Waals surface area contributed by atoms with Gasteiger partial charge in [-0.05, 0) is 31.2 Å². The number of aryl methyl sites for hydroxylation is 1. The molecule has 5 heteroatoms. The van der Waals surface area contributed by atoms with E-state index in [2.05, 4.69) is 4.98 Å². The summed E-state index contributed by atoms with van der Waals surface area (Å²) in [5, 5.41) is 0. The summed E-state index contributed by atoms with van der Waals surface area (Å²) in [6.45, 7) is 2.11. The molecule has 0 N–H and O–H groups in total. The highest BCUT2D eigenvalue weighted by Gasteiger charge is 2.13. The summed E-state index contributed by atoms with van der Waals surface area (Å²) in [6, 6.07) is 9.41. The molecule has 5 nitrogen and oxygen atoms in total. The fourth-order valence-corrected chi connectivity index (χ4v) is 2.09. The fourth-order valence-electron chi connectivity index (χ4n) is 2.09. The number of nitrogens with zero attached hydrogens (tertiary/aromatic N) is 3. The summed E-state index contributed by atoms with van der Waals surface area (Å²) in [7, 11) is 1.84. The van der Waals surface area contributed by atoms with Crippen LogP contribution in [0.2, 0.25) is 0 Å². The molecule has 0 aliphatic carbocycles. The van der Waals surface area contributed by atoms with Crippen molar-refractivity contribution < 1.29 is 9.53 Å². The first-order valence-electron chi connectivity index (χ1n) is 6.37. The Hall–Kier alpha value is -2.56. The van der Waals surface area contributed by atoms with E-state index in [1.165, 1.54) is 0 Å². The van der Waals surface area contributed by atoms with Crippen LogP contribution in [0.25, 0.3) is 5.65 Å². The van der Waals surface area contributed by atoms with Gasteiger partial charge in [-0.2, -0.15) is 0 Å². The lowest BCUT2D eigenvalue weighted by Gasteiger charge is -2.05. The molecule has 3 rings (SSSR count). The molecule has 0 radical (unpaired) electrons. The van der Waals surface area contributed by atoms with E-state index >= 15 is 0 Å². The van der Waals surface area contributed by atoms with Gasteiger partial charge >= 0.3 is 5.97 Å². The molecule has 0 amide bonds. The highest BCUT2D eigenvalue weighted by Crippen LogP contribution is 2.10. The number of aromatic nitrogens is 3. The summed E-state index contributed by atoms with van der Waals surface area (Å²) in [5.41, 5.74) is 3.14. The Labute approximate surface area is 116 Å². The molecule has 0 fully saturated rings. The van der Waals surface area contributed by atoms with E-state index in [1.54, 1.807) is 6.07 Å². The summed E-state index contributed by atoms with van der Waals surface area (Å²) in [4.78, 5) is 16.4. The second-order valence-corrected chi connectivity index (χ2v) is 4.69. The smallest absolute Gasteiger partial charge is 0.355 e. The molecule has 3 heterocycles. The van der Waals surface area contributed by atoms with Crippen LogP contribution in [-0.4, -0.2) is 19.9 Å². The molecule has 0 saturated heterocycles. The van der Waals surface area contributed by atoms with Gasteiger partial charge in [0.05, 0.1) is 5.69 Å². The number of hydrogen-bond donors (Lipinski definition) is 0. The van der Waals surface area contributed by atoms with Crippen LogP contribution in [0, 0.1) is 6.92 Å². The molecule has 0 aliphatic rings. The van der Waals surface area contributed by atoms with E-state index in [9.17, 15) is 4.79 Å². The van der Waals surface area contributed by atoms with Crippen molar-refractivity contribution in [3.8, 4) is 0 Å². The predicted molar refractivity (Wildman–Crippen MR) is 74.5 cm³/mol. The number of ether oxygens (including phenoxy) is 1. The third-order valence-corrected chi connectivity index (χ3v) is 3.35. The van der Waals surface area contributed by atoms with E-state index in [1.807, 2.05) is 59.6 Å². The minimum Gasteiger partial charge on any atom is -0.454 e. The zero-order chi connectivity index (χ0) is 14.1. The largest absolute Gasteiger partial charge is 0.454 e. The van der Waals surface area contributed by atoms with Crippen molar-refractivity contribution in [2.45, 2.75) is 13.5 Å². The lowest BCUT2D eigenvalue weighted by molar-refractivity contribution is 0.0457. The van der Waals surface area contributed by atoms with Gasteiger partial charge in [-0.25, -0.2) is 9.78 Å². The van der Waals surface area contributed by atoms with Crippen LogP contribution in [-0.2, 0) is 18.4 Å². The molecule has 0 aliphatic heterocycles. The van der Waals surface area contributed by atoms with Crippen molar-refractivity contribution in [3.63, 3.8) is 0 Å². The summed E-state index contributed by atoms with van der Waals surface area (Å²) < 4.78 is 9.01. The van der Waals surface area contributed by atoms with Gasteiger partial charge < -0.3 is 13.7 Å². The van der Waals surface area contributed by atoms with Crippen molar-refractivity contribution in [1.82, 2.24) is 14.0 Å². The van der Waals surface area contributed by atoms with E-state index in [-0.39, 0.29) is 12.6 Å². The van der Waals surface area contributed by atoms with E-state index in [0.29, 0.717) is 5.69 Å². The van der Waals surface area contributed by atoms with Gasteiger partial charge in [0.25, 0.3) is 0 Å². The molecule has 0 atom stereocenters. The molecule has 0 unspecified atom stereocenters. The van der Waals surface area contributed by atoms with Crippen LogP contribution < -0.4 is 0 Å². The second-order valence-electron chi connectivity index (χ2n) is 4.69. The first-order valence-corrected chi connectivity index (χ1v) is 6.37. The zero-order valence-corrected chi connectivity index (χ0v) is 11.4. The Morgan fingerprint density at radius 2 is 2.15 bits per heavy atom. The maximum atomic E-state index is 12.0. The van der Waals surface area contributed by atoms with E-state index < -0.39 is 0 Å². The summed E-state index contributed by atoms with van der Waals surface area (Å²) in [6.07, 6.45) is 3.77. The molecule has 3 aromatic heterocycles. The van der Waals surface area contributed by atoms with Gasteiger partial charge in [-0.15, -0.1) is 0 Å². The van der Waals surface area contributed by atoms with Crippen molar-refractivity contribution >= 4 is 11.6 Å². The fraction of sp³-hybridized carbons (Fsp3) is 0.200. The van der Waals surface area contributed by atoms with Gasteiger partial charge in [-0.1, -0.05) is 6.07 Å². The van der Waals surface area contributed by atoms with Gasteiger partial charge in [0.1, 0.15) is 17.9 Å². The number of carbonyl (C=O) groups is 1. The number of hydrogen-bond acceptors (Lipinski definition) is 3. The number of imidazole rings is 1. The zero-order valence-electron chi connectivity index (χ0n) is 11.4. The molecular weight excluding hydrogens is 254 g/mol. The SMILES string of the molecule is Cc1ccc(C(=O)OCc2cn3ccccc3n2)n1C. The third-order valence-electron chi connectivity index (χ3n) is 3.35. The Kier molecular flexibility index (Phi) is 3.02. The van der Waals surface area contributed by atoms with Crippen LogP contribution in [0.5, 0.6) is 0 Å². The second kappa shape index (κ2) is 4.85. The molecule has 0 bridgehead atoms. The van der Waals surface area contributed by atoms with Crippen LogP contribution in [0.3, 0.4) is 0 Å². The average molecular weight is 269 g/mol.